The normalized spacial score (nSPS) is 16.5. The molecule has 8 heteroatoms. The third-order valence-corrected chi connectivity index (χ3v) is 5.77. The van der Waals surface area contributed by atoms with Gasteiger partial charge in [-0.25, -0.2) is 9.97 Å². The Hall–Kier alpha value is -3.42. The molecule has 2 aliphatic rings. The van der Waals surface area contributed by atoms with E-state index in [2.05, 4.69) is 44.4 Å². The average Bonchev–Trinajstić information content (AvgIpc) is 3.51. The lowest BCUT2D eigenvalue weighted by molar-refractivity contribution is 0.0736. The number of anilines is 3. The third-order valence-electron chi connectivity index (χ3n) is 5.77. The molecule has 31 heavy (non-hydrogen) atoms. The number of carbonyl (C=O) groups excluding carboxylic acids is 1. The summed E-state index contributed by atoms with van der Waals surface area (Å²) >= 11 is 0. The number of piperazine rings is 1. The van der Waals surface area contributed by atoms with E-state index in [1.54, 1.807) is 0 Å². The summed E-state index contributed by atoms with van der Waals surface area (Å²) in [6.07, 6.45) is 2.25. The van der Waals surface area contributed by atoms with Crippen LogP contribution in [0.25, 0.3) is 0 Å². The van der Waals surface area contributed by atoms with E-state index < -0.39 is 0 Å². The van der Waals surface area contributed by atoms with Crippen LogP contribution in [-0.2, 0) is 0 Å². The number of nitrogens with one attached hydrogen (secondary N) is 1. The van der Waals surface area contributed by atoms with Gasteiger partial charge in [0.15, 0.2) is 5.69 Å². The van der Waals surface area contributed by atoms with E-state index in [4.69, 9.17) is 4.52 Å². The molecule has 3 aromatic rings. The van der Waals surface area contributed by atoms with Crippen LogP contribution in [0.15, 0.2) is 40.9 Å². The second kappa shape index (κ2) is 8.02. The van der Waals surface area contributed by atoms with E-state index in [-0.39, 0.29) is 5.91 Å². The molecule has 0 unspecified atom stereocenters. The van der Waals surface area contributed by atoms with Crippen LogP contribution in [-0.4, -0.2) is 52.1 Å². The molecule has 1 aliphatic carbocycles. The van der Waals surface area contributed by atoms with Crippen LogP contribution >= 0.6 is 0 Å². The van der Waals surface area contributed by atoms with Gasteiger partial charge in [0.25, 0.3) is 5.91 Å². The van der Waals surface area contributed by atoms with Crippen molar-refractivity contribution in [2.75, 3.05) is 36.4 Å². The van der Waals surface area contributed by atoms with Gasteiger partial charge < -0.3 is 19.6 Å². The van der Waals surface area contributed by atoms with Crippen molar-refractivity contribution in [2.45, 2.75) is 32.6 Å². The number of benzene rings is 1. The first-order chi connectivity index (χ1) is 15.0. The minimum Gasteiger partial charge on any atom is -0.360 e. The highest BCUT2D eigenvalue weighted by Gasteiger charge is 2.31. The van der Waals surface area contributed by atoms with Crippen LogP contribution in [0.3, 0.4) is 0 Å². The minimum atomic E-state index is -0.0594. The molecule has 1 saturated carbocycles. The van der Waals surface area contributed by atoms with E-state index in [9.17, 15) is 4.79 Å². The molecule has 0 spiro atoms. The van der Waals surface area contributed by atoms with Crippen molar-refractivity contribution in [1.82, 2.24) is 20.0 Å². The second-order valence-electron chi connectivity index (χ2n) is 8.32. The van der Waals surface area contributed by atoms with Gasteiger partial charge in [0.05, 0.1) is 0 Å². The summed E-state index contributed by atoms with van der Waals surface area (Å²) in [6, 6.07) is 12.0. The van der Waals surface area contributed by atoms with Crippen molar-refractivity contribution >= 4 is 23.2 Å². The maximum atomic E-state index is 12.8. The number of amides is 1. The van der Waals surface area contributed by atoms with E-state index in [0.717, 1.165) is 35.9 Å². The lowest BCUT2D eigenvalue weighted by Gasteiger charge is -2.35. The number of nitrogens with zero attached hydrogens (tertiary/aromatic N) is 5. The zero-order chi connectivity index (χ0) is 21.4. The Balaban J connectivity index is 1.23. The van der Waals surface area contributed by atoms with E-state index in [1.165, 1.54) is 5.56 Å². The smallest absolute Gasteiger partial charge is 0.276 e. The lowest BCUT2D eigenvalue weighted by Crippen LogP contribution is -2.49. The van der Waals surface area contributed by atoms with Gasteiger partial charge in [-0.1, -0.05) is 22.9 Å². The summed E-state index contributed by atoms with van der Waals surface area (Å²) in [5, 5.41) is 7.34. The first kappa shape index (κ1) is 19.5. The Kier molecular flexibility index (Phi) is 5.05. The molecule has 2 fully saturated rings. The van der Waals surface area contributed by atoms with Crippen LogP contribution in [0.5, 0.6) is 0 Å². The fraction of sp³-hybridized carbons (Fsp3) is 0.391. The topological polar surface area (TPSA) is 87.4 Å². The molecule has 0 bridgehead atoms. The van der Waals surface area contributed by atoms with E-state index in [1.807, 2.05) is 36.1 Å². The number of hydrogen-bond acceptors (Lipinski definition) is 7. The monoisotopic (exact) mass is 418 g/mol. The molecule has 160 valence electrons. The molecular formula is C23H26N6O2. The predicted molar refractivity (Wildman–Crippen MR) is 118 cm³/mol. The molecule has 1 amide bonds. The number of rotatable bonds is 5. The van der Waals surface area contributed by atoms with Gasteiger partial charge in [-0.2, -0.15) is 0 Å². The molecule has 1 N–H and O–H groups in total. The van der Waals surface area contributed by atoms with Gasteiger partial charge >= 0.3 is 0 Å². The number of hydrogen-bond donors (Lipinski definition) is 1. The van der Waals surface area contributed by atoms with Gasteiger partial charge in [-0.05, 0) is 38.8 Å². The summed E-state index contributed by atoms with van der Waals surface area (Å²) in [5.74, 6) is 3.57. The van der Waals surface area contributed by atoms with Crippen LogP contribution in [0.4, 0.5) is 17.3 Å². The highest BCUT2D eigenvalue weighted by atomic mass is 16.5. The van der Waals surface area contributed by atoms with E-state index in [0.29, 0.717) is 43.6 Å². The van der Waals surface area contributed by atoms with Crippen molar-refractivity contribution in [1.29, 1.82) is 0 Å². The Labute approximate surface area is 181 Å². The van der Waals surface area contributed by atoms with Crippen molar-refractivity contribution in [3.63, 3.8) is 0 Å². The van der Waals surface area contributed by atoms with Gasteiger partial charge in [0, 0.05) is 49.9 Å². The number of carbonyl (C=O) groups is 1. The third kappa shape index (κ3) is 4.38. The van der Waals surface area contributed by atoms with Crippen molar-refractivity contribution in [2.24, 2.45) is 0 Å². The molecule has 2 aromatic heterocycles. The summed E-state index contributed by atoms with van der Waals surface area (Å²) < 4.78 is 5.34. The Morgan fingerprint density at radius 2 is 1.77 bits per heavy atom. The van der Waals surface area contributed by atoms with Gasteiger partial charge in [-0.3, -0.25) is 4.79 Å². The van der Waals surface area contributed by atoms with E-state index >= 15 is 0 Å². The number of aromatic nitrogens is 3. The van der Waals surface area contributed by atoms with Gasteiger partial charge in [-0.15, -0.1) is 0 Å². The minimum absolute atomic E-state index is 0.0594. The molecule has 1 aromatic carbocycles. The molecule has 0 atom stereocenters. The fourth-order valence-electron chi connectivity index (χ4n) is 3.81. The predicted octanol–water partition coefficient (Wildman–Crippen LogP) is 3.66. The summed E-state index contributed by atoms with van der Waals surface area (Å²) in [5.41, 5.74) is 2.62. The van der Waals surface area contributed by atoms with Crippen molar-refractivity contribution in [3.8, 4) is 0 Å². The van der Waals surface area contributed by atoms with Crippen LogP contribution in [0.2, 0.25) is 0 Å². The maximum Gasteiger partial charge on any atom is 0.276 e. The Morgan fingerprint density at radius 1 is 1.03 bits per heavy atom. The van der Waals surface area contributed by atoms with Crippen molar-refractivity contribution in [3.05, 3.63) is 59.2 Å². The van der Waals surface area contributed by atoms with Crippen LogP contribution in [0, 0.1) is 13.8 Å². The highest BCUT2D eigenvalue weighted by Crippen LogP contribution is 2.40. The zero-order valence-corrected chi connectivity index (χ0v) is 17.8. The average molecular weight is 419 g/mol. The highest BCUT2D eigenvalue weighted by molar-refractivity contribution is 5.92. The second-order valence-corrected chi connectivity index (χ2v) is 8.32. The zero-order valence-electron chi connectivity index (χ0n) is 17.8. The summed E-state index contributed by atoms with van der Waals surface area (Å²) in [7, 11) is 0. The van der Waals surface area contributed by atoms with Gasteiger partial charge in [0.2, 0.25) is 0 Å². The molecular weight excluding hydrogens is 392 g/mol. The Morgan fingerprint density at radius 3 is 2.48 bits per heavy atom. The molecule has 3 heterocycles. The SMILES string of the molecule is Cc1ccc(Nc2cc(N3CCN(C(=O)c4cc(C5CC5)on4)CC3)nc(C)n2)cc1. The maximum absolute atomic E-state index is 12.8. The first-order valence-electron chi connectivity index (χ1n) is 10.8. The van der Waals surface area contributed by atoms with Gasteiger partial charge in [0.1, 0.15) is 23.2 Å². The molecule has 1 aliphatic heterocycles. The number of aryl methyl sites for hydroxylation is 2. The van der Waals surface area contributed by atoms with Crippen LogP contribution < -0.4 is 10.2 Å². The fourth-order valence-corrected chi connectivity index (χ4v) is 3.81. The molecule has 1 saturated heterocycles. The quantitative estimate of drug-likeness (QED) is 0.676. The largest absolute Gasteiger partial charge is 0.360 e. The summed E-state index contributed by atoms with van der Waals surface area (Å²) in [6.45, 7) is 6.61. The lowest BCUT2D eigenvalue weighted by atomic mass is 10.2. The molecule has 0 radical (unpaired) electrons. The van der Waals surface area contributed by atoms with Crippen LogP contribution in [0.1, 0.15) is 46.4 Å². The molecule has 8 nitrogen and oxygen atoms in total. The standard InChI is InChI=1S/C23H26N6O2/c1-15-3-7-18(8-4-15)26-21-14-22(25-16(2)24-21)28-9-11-29(12-10-28)23(30)19-13-20(31-27-19)17-5-6-17/h3-4,7-8,13-14,17H,5-6,9-12H2,1-2H3,(H,24,25,26). The Bertz CT molecular complexity index is 1080. The summed E-state index contributed by atoms with van der Waals surface area (Å²) in [4.78, 5) is 25.9. The van der Waals surface area contributed by atoms with Crippen molar-refractivity contribution < 1.29 is 9.32 Å². The first-order valence-corrected chi connectivity index (χ1v) is 10.8. The molecule has 5 rings (SSSR count).